The molecule has 5 nitrogen and oxygen atoms in total. The first kappa shape index (κ1) is 17.2. The summed E-state index contributed by atoms with van der Waals surface area (Å²) in [5.74, 6) is -0.0772. The Balaban J connectivity index is 2.56. The summed E-state index contributed by atoms with van der Waals surface area (Å²) in [6.07, 6.45) is 0. The van der Waals surface area contributed by atoms with Gasteiger partial charge in [0.25, 0.3) is 0 Å². The number of amides is 2. The first-order valence-corrected chi connectivity index (χ1v) is 7.27. The van der Waals surface area contributed by atoms with Crippen molar-refractivity contribution in [1.82, 2.24) is 10.2 Å². The quantitative estimate of drug-likeness (QED) is 0.828. The van der Waals surface area contributed by atoms with E-state index in [9.17, 15) is 9.59 Å². The second-order valence-corrected chi connectivity index (χ2v) is 5.37. The molecule has 1 rings (SSSR count). The molecule has 0 aliphatic heterocycles. The van der Waals surface area contributed by atoms with E-state index in [4.69, 9.17) is 0 Å². The van der Waals surface area contributed by atoms with Crippen molar-refractivity contribution >= 4 is 17.5 Å². The molecule has 0 unspecified atom stereocenters. The number of para-hydroxylation sites is 1. The minimum absolute atomic E-state index is 0.0106. The van der Waals surface area contributed by atoms with Gasteiger partial charge in [0, 0.05) is 18.3 Å². The zero-order chi connectivity index (χ0) is 15.8. The van der Waals surface area contributed by atoms with Crippen molar-refractivity contribution in [1.29, 1.82) is 0 Å². The lowest BCUT2D eigenvalue weighted by Gasteiger charge is -2.24. The van der Waals surface area contributed by atoms with Gasteiger partial charge in [-0.1, -0.05) is 18.2 Å². The predicted molar refractivity (Wildman–Crippen MR) is 85.2 cm³/mol. The summed E-state index contributed by atoms with van der Waals surface area (Å²) < 4.78 is 0. The number of nitrogens with zero attached hydrogens (tertiary/aromatic N) is 2. The summed E-state index contributed by atoms with van der Waals surface area (Å²) in [7, 11) is 1.77. The molecular formula is C16H25N3O2. The number of carbonyl (C=O) groups excluding carboxylic acids is 2. The van der Waals surface area contributed by atoms with Crippen LogP contribution in [0.3, 0.4) is 0 Å². The zero-order valence-electron chi connectivity index (χ0n) is 13.3. The van der Waals surface area contributed by atoms with Crippen LogP contribution in [0, 0.1) is 0 Å². The van der Waals surface area contributed by atoms with Crippen LogP contribution in [0.5, 0.6) is 0 Å². The smallest absolute Gasteiger partial charge is 0.241 e. The van der Waals surface area contributed by atoms with Crippen LogP contribution in [-0.2, 0) is 9.59 Å². The number of benzene rings is 1. The van der Waals surface area contributed by atoms with Gasteiger partial charge in [0.05, 0.1) is 13.1 Å². The fourth-order valence-corrected chi connectivity index (χ4v) is 2.10. The Kier molecular flexibility index (Phi) is 6.88. The molecule has 0 atom stereocenters. The maximum absolute atomic E-state index is 12.3. The van der Waals surface area contributed by atoms with Crippen molar-refractivity contribution in [2.24, 2.45) is 0 Å². The molecule has 1 N–H and O–H groups in total. The molecule has 21 heavy (non-hydrogen) atoms. The molecule has 5 heteroatoms. The maximum atomic E-state index is 12.3. The monoisotopic (exact) mass is 291 g/mol. The average Bonchev–Trinajstić information content (AvgIpc) is 2.39. The van der Waals surface area contributed by atoms with E-state index in [2.05, 4.69) is 5.32 Å². The maximum Gasteiger partial charge on any atom is 0.241 e. The molecule has 2 amide bonds. The van der Waals surface area contributed by atoms with Crippen LogP contribution < -0.4 is 10.2 Å². The van der Waals surface area contributed by atoms with Crippen LogP contribution in [0.1, 0.15) is 20.8 Å². The minimum atomic E-state index is -0.0666. The van der Waals surface area contributed by atoms with Gasteiger partial charge in [-0.05, 0) is 40.0 Å². The summed E-state index contributed by atoms with van der Waals surface area (Å²) >= 11 is 0. The van der Waals surface area contributed by atoms with Crippen LogP contribution in [0.25, 0.3) is 0 Å². The molecule has 0 spiro atoms. The van der Waals surface area contributed by atoms with E-state index in [-0.39, 0.29) is 30.9 Å². The second-order valence-electron chi connectivity index (χ2n) is 5.37. The highest BCUT2D eigenvalue weighted by atomic mass is 16.2. The lowest BCUT2D eigenvalue weighted by molar-refractivity contribution is -0.123. The van der Waals surface area contributed by atoms with E-state index in [1.807, 2.05) is 51.1 Å². The van der Waals surface area contributed by atoms with Gasteiger partial charge in [-0.25, -0.2) is 0 Å². The summed E-state index contributed by atoms with van der Waals surface area (Å²) in [6, 6.07) is 9.66. The van der Waals surface area contributed by atoms with Crippen molar-refractivity contribution in [2.45, 2.75) is 26.8 Å². The van der Waals surface area contributed by atoms with Gasteiger partial charge in [-0.15, -0.1) is 0 Å². The number of nitrogens with one attached hydrogen (secondary N) is 1. The highest BCUT2D eigenvalue weighted by molar-refractivity contribution is 5.95. The molecule has 0 radical (unpaired) electrons. The fraction of sp³-hybridized carbons (Fsp3) is 0.500. The van der Waals surface area contributed by atoms with Gasteiger partial charge in [0.2, 0.25) is 11.8 Å². The Morgan fingerprint density at radius 3 is 2.29 bits per heavy atom. The highest BCUT2D eigenvalue weighted by Gasteiger charge is 2.17. The lowest BCUT2D eigenvalue weighted by Crippen LogP contribution is -2.44. The molecule has 0 bridgehead atoms. The van der Waals surface area contributed by atoms with Gasteiger partial charge in [-0.3, -0.25) is 14.5 Å². The third-order valence-corrected chi connectivity index (χ3v) is 2.95. The molecule has 0 aliphatic carbocycles. The normalized spacial score (nSPS) is 10.8. The third-order valence-electron chi connectivity index (χ3n) is 2.95. The number of likely N-dealkylation sites (N-methyl/N-ethyl adjacent to an activating group) is 2. The zero-order valence-corrected chi connectivity index (χ0v) is 13.3. The van der Waals surface area contributed by atoms with E-state index in [0.29, 0.717) is 6.54 Å². The summed E-state index contributed by atoms with van der Waals surface area (Å²) in [6.45, 7) is 6.81. The van der Waals surface area contributed by atoms with Gasteiger partial charge >= 0.3 is 0 Å². The molecular weight excluding hydrogens is 266 g/mol. The van der Waals surface area contributed by atoms with Crippen LogP contribution in [-0.4, -0.2) is 49.4 Å². The minimum Gasteiger partial charge on any atom is -0.353 e. The summed E-state index contributed by atoms with van der Waals surface area (Å²) in [4.78, 5) is 27.5. The predicted octanol–water partition coefficient (Wildman–Crippen LogP) is 1.50. The molecule has 0 aromatic heterocycles. The van der Waals surface area contributed by atoms with Gasteiger partial charge in [-0.2, -0.15) is 0 Å². The number of hydrogen-bond acceptors (Lipinski definition) is 3. The van der Waals surface area contributed by atoms with Crippen molar-refractivity contribution in [3.8, 4) is 0 Å². The standard InChI is InChI=1S/C16H25N3O2/c1-5-19(14-9-7-6-8-10-14)16(21)12-18(4)11-15(20)17-13(2)3/h6-10,13H,5,11-12H2,1-4H3,(H,17,20). The summed E-state index contributed by atoms with van der Waals surface area (Å²) in [5, 5.41) is 2.82. The molecule has 0 fully saturated rings. The van der Waals surface area contributed by atoms with Gasteiger partial charge in [0.1, 0.15) is 0 Å². The molecule has 0 saturated carbocycles. The first-order valence-electron chi connectivity index (χ1n) is 7.27. The second kappa shape index (κ2) is 8.42. The Labute approximate surface area is 126 Å². The Hall–Kier alpha value is -1.88. The van der Waals surface area contributed by atoms with E-state index in [0.717, 1.165) is 5.69 Å². The van der Waals surface area contributed by atoms with Crippen LogP contribution >= 0.6 is 0 Å². The largest absolute Gasteiger partial charge is 0.353 e. The molecule has 0 saturated heterocycles. The third kappa shape index (κ3) is 5.95. The highest BCUT2D eigenvalue weighted by Crippen LogP contribution is 2.13. The van der Waals surface area contributed by atoms with E-state index in [1.165, 1.54) is 0 Å². The molecule has 0 heterocycles. The van der Waals surface area contributed by atoms with Crippen LogP contribution in [0.4, 0.5) is 5.69 Å². The van der Waals surface area contributed by atoms with Crippen LogP contribution in [0.2, 0.25) is 0 Å². The number of rotatable bonds is 7. The molecule has 0 aliphatic rings. The van der Waals surface area contributed by atoms with Crippen molar-refractivity contribution in [3.05, 3.63) is 30.3 Å². The Bertz CT molecular complexity index is 460. The van der Waals surface area contributed by atoms with Crippen LogP contribution in [0.15, 0.2) is 30.3 Å². The Morgan fingerprint density at radius 2 is 1.76 bits per heavy atom. The van der Waals surface area contributed by atoms with Crippen molar-refractivity contribution in [3.63, 3.8) is 0 Å². The number of hydrogen-bond donors (Lipinski definition) is 1. The van der Waals surface area contributed by atoms with Gasteiger partial charge < -0.3 is 10.2 Å². The fourth-order valence-electron chi connectivity index (χ4n) is 2.10. The van der Waals surface area contributed by atoms with Gasteiger partial charge in [0.15, 0.2) is 0 Å². The summed E-state index contributed by atoms with van der Waals surface area (Å²) in [5.41, 5.74) is 0.880. The lowest BCUT2D eigenvalue weighted by atomic mass is 10.2. The molecule has 1 aromatic carbocycles. The van der Waals surface area contributed by atoms with E-state index in [1.54, 1.807) is 16.8 Å². The molecule has 1 aromatic rings. The number of anilines is 1. The number of carbonyl (C=O) groups is 2. The Morgan fingerprint density at radius 1 is 1.14 bits per heavy atom. The first-order chi connectivity index (χ1) is 9.93. The topological polar surface area (TPSA) is 52.7 Å². The molecule has 116 valence electrons. The van der Waals surface area contributed by atoms with E-state index < -0.39 is 0 Å². The van der Waals surface area contributed by atoms with Crippen molar-refractivity contribution in [2.75, 3.05) is 31.6 Å². The van der Waals surface area contributed by atoms with Crippen molar-refractivity contribution < 1.29 is 9.59 Å². The van der Waals surface area contributed by atoms with E-state index >= 15 is 0 Å². The average molecular weight is 291 g/mol. The SMILES string of the molecule is CCN(C(=O)CN(C)CC(=O)NC(C)C)c1ccccc1.